The second-order valence-electron chi connectivity index (χ2n) is 3.85. The summed E-state index contributed by atoms with van der Waals surface area (Å²) in [4.78, 5) is 13.7. The molecule has 8 nitrogen and oxygen atoms in total. The number of amides is 1. The average Bonchev–Trinajstić information content (AvgIpc) is 2.97. The molecule has 8 heteroatoms. The summed E-state index contributed by atoms with van der Waals surface area (Å²) in [5.74, 6) is 0.862. The van der Waals surface area contributed by atoms with Gasteiger partial charge in [0.1, 0.15) is 18.6 Å². The molecule has 0 radical (unpaired) electrons. The number of tetrazole rings is 1. The van der Waals surface area contributed by atoms with E-state index in [1.165, 1.54) is 11.0 Å². The van der Waals surface area contributed by atoms with E-state index in [9.17, 15) is 4.79 Å². The maximum Gasteiger partial charge on any atom is 0.244 e. The predicted octanol–water partition coefficient (Wildman–Crippen LogP) is -0.754. The van der Waals surface area contributed by atoms with Crippen molar-refractivity contribution >= 4 is 5.91 Å². The van der Waals surface area contributed by atoms with Gasteiger partial charge in [-0.15, -0.1) is 5.10 Å². The Balaban J connectivity index is 1.68. The van der Waals surface area contributed by atoms with Crippen molar-refractivity contribution in [1.29, 1.82) is 0 Å². The molecule has 0 unspecified atom stereocenters. The van der Waals surface area contributed by atoms with Crippen LogP contribution in [-0.2, 0) is 24.3 Å². The maximum absolute atomic E-state index is 12.0. The van der Waals surface area contributed by atoms with Crippen molar-refractivity contribution < 1.29 is 9.32 Å². The van der Waals surface area contributed by atoms with Gasteiger partial charge in [-0.1, -0.05) is 5.16 Å². The van der Waals surface area contributed by atoms with Crippen molar-refractivity contribution in [2.45, 2.75) is 19.5 Å². The van der Waals surface area contributed by atoms with Crippen molar-refractivity contribution in [3.8, 4) is 0 Å². The van der Waals surface area contributed by atoms with E-state index >= 15 is 0 Å². The van der Waals surface area contributed by atoms with Crippen LogP contribution in [0.25, 0.3) is 0 Å². The second kappa shape index (κ2) is 3.96. The van der Waals surface area contributed by atoms with Crippen LogP contribution in [-0.4, -0.2) is 42.7 Å². The number of rotatable bonds is 2. The molecule has 0 spiro atoms. The summed E-state index contributed by atoms with van der Waals surface area (Å²) in [7, 11) is 0. The molecule has 0 saturated carbocycles. The molecule has 1 aliphatic heterocycles. The summed E-state index contributed by atoms with van der Waals surface area (Å²) in [5.41, 5.74) is 0.973. The van der Waals surface area contributed by atoms with Gasteiger partial charge in [0.2, 0.25) is 5.91 Å². The number of fused-ring (bicyclic) bond motifs is 1. The van der Waals surface area contributed by atoms with E-state index in [-0.39, 0.29) is 12.5 Å². The number of hydrogen-bond acceptors (Lipinski definition) is 6. The Bertz CT molecular complexity index is 519. The van der Waals surface area contributed by atoms with Crippen LogP contribution in [0.4, 0.5) is 0 Å². The normalized spacial score (nSPS) is 14.7. The van der Waals surface area contributed by atoms with Gasteiger partial charge in [-0.3, -0.25) is 4.79 Å². The van der Waals surface area contributed by atoms with Gasteiger partial charge < -0.3 is 9.42 Å². The molecular weight excluding hydrogens is 224 g/mol. The molecule has 2 aromatic rings. The van der Waals surface area contributed by atoms with E-state index in [0.29, 0.717) is 19.5 Å². The zero-order valence-corrected chi connectivity index (χ0v) is 8.98. The van der Waals surface area contributed by atoms with Crippen LogP contribution in [0.2, 0.25) is 0 Å². The highest BCUT2D eigenvalue weighted by Gasteiger charge is 2.23. The first kappa shape index (κ1) is 9.94. The van der Waals surface area contributed by atoms with Gasteiger partial charge in [0.05, 0.1) is 12.7 Å². The minimum atomic E-state index is -0.0100. The first-order valence-electron chi connectivity index (χ1n) is 5.24. The fraction of sp³-hybridized carbons (Fsp3) is 0.444. The molecule has 0 saturated heterocycles. The summed E-state index contributed by atoms with van der Waals surface area (Å²) >= 11 is 0. The van der Waals surface area contributed by atoms with Crippen molar-refractivity contribution in [3.05, 3.63) is 23.8 Å². The highest BCUT2D eigenvalue weighted by Crippen LogP contribution is 2.18. The zero-order chi connectivity index (χ0) is 11.7. The van der Waals surface area contributed by atoms with E-state index in [4.69, 9.17) is 4.52 Å². The van der Waals surface area contributed by atoms with Crippen LogP contribution in [0.5, 0.6) is 0 Å². The molecule has 3 rings (SSSR count). The van der Waals surface area contributed by atoms with E-state index in [1.807, 2.05) is 0 Å². The average molecular weight is 234 g/mol. The van der Waals surface area contributed by atoms with Gasteiger partial charge in [-0.2, -0.15) is 0 Å². The summed E-state index contributed by atoms with van der Waals surface area (Å²) in [6.07, 6.45) is 3.79. The summed E-state index contributed by atoms with van der Waals surface area (Å²) in [6, 6.07) is 0. The number of nitrogens with zero attached hydrogens (tertiary/aromatic N) is 6. The number of hydrogen-bond donors (Lipinski definition) is 0. The fourth-order valence-electron chi connectivity index (χ4n) is 1.84. The summed E-state index contributed by atoms with van der Waals surface area (Å²) in [5, 5.41) is 14.4. The molecule has 0 bridgehead atoms. The van der Waals surface area contributed by atoms with Crippen LogP contribution in [0.1, 0.15) is 11.3 Å². The molecule has 0 fully saturated rings. The summed E-state index contributed by atoms with van der Waals surface area (Å²) in [6.45, 7) is 1.34. The molecule has 1 aliphatic rings. The third-order valence-corrected chi connectivity index (χ3v) is 2.74. The van der Waals surface area contributed by atoms with Gasteiger partial charge in [0.15, 0.2) is 0 Å². The van der Waals surface area contributed by atoms with E-state index < -0.39 is 0 Å². The Labute approximate surface area is 96.2 Å². The molecular formula is C9H10N6O2. The Morgan fingerprint density at radius 1 is 1.53 bits per heavy atom. The lowest BCUT2D eigenvalue weighted by molar-refractivity contribution is -0.133. The lowest BCUT2D eigenvalue weighted by atomic mass is 10.1. The minimum absolute atomic E-state index is 0.0100. The summed E-state index contributed by atoms with van der Waals surface area (Å²) < 4.78 is 6.47. The van der Waals surface area contributed by atoms with Crippen molar-refractivity contribution in [3.63, 3.8) is 0 Å². The number of carbonyl (C=O) groups is 1. The van der Waals surface area contributed by atoms with E-state index in [0.717, 1.165) is 11.3 Å². The molecule has 3 heterocycles. The smallest absolute Gasteiger partial charge is 0.244 e. The minimum Gasteiger partial charge on any atom is -0.361 e. The number of aromatic nitrogens is 5. The Hall–Kier alpha value is -2.25. The lowest BCUT2D eigenvalue weighted by Gasteiger charge is -2.25. The second-order valence-corrected chi connectivity index (χ2v) is 3.85. The maximum atomic E-state index is 12.0. The lowest BCUT2D eigenvalue weighted by Crippen LogP contribution is -2.37. The third kappa shape index (κ3) is 1.88. The molecule has 1 amide bonds. The quantitative estimate of drug-likeness (QED) is 0.678. The van der Waals surface area contributed by atoms with Crippen LogP contribution in [0.15, 0.2) is 17.0 Å². The molecule has 0 atom stereocenters. The molecule has 88 valence electrons. The Morgan fingerprint density at radius 2 is 2.47 bits per heavy atom. The zero-order valence-electron chi connectivity index (χ0n) is 8.98. The highest BCUT2D eigenvalue weighted by atomic mass is 16.5. The molecule has 0 aliphatic carbocycles. The van der Waals surface area contributed by atoms with Crippen molar-refractivity contribution in [2.24, 2.45) is 0 Å². The van der Waals surface area contributed by atoms with Gasteiger partial charge in [0, 0.05) is 18.5 Å². The standard InChI is InChI=1S/C9H10N6O2/c16-9(5-15-6-10-12-13-15)14-2-1-8-7(4-14)3-11-17-8/h3,6H,1-2,4-5H2. The van der Waals surface area contributed by atoms with Gasteiger partial charge in [-0.25, -0.2) is 4.68 Å². The molecule has 0 N–H and O–H groups in total. The van der Waals surface area contributed by atoms with Crippen LogP contribution >= 0.6 is 0 Å². The Morgan fingerprint density at radius 3 is 3.29 bits per heavy atom. The van der Waals surface area contributed by atoms with E-state index in [1.54, 1.807) is 11.1 Å². The molecule has 2 aromatic heterocycles. The van der Waals surface area contributed by atoms with E-state index in [2.05, 4.69) is 20.7 Å². The van der Waals surface area contributed by atoms with Gasteiger partial charge >= 0.3 is 0 Å². The van der Waals surface area contributed by atoms with Crippen LogP contribution in [0, 0.1) is 0 Å². The van der Waals surface area contributed by atoms with Crippen LogP contribution in [0.3, 0.4) is 0 Å². The van der Waals surface area contributed by atoms with Crippen molar-refractivity contribution in [2.75, 3.05) is 6.54 Å². The Kier molecular flexibility index (Phi) is 2.32. The molecule has 0 aromatic carbocycles. The highest BCUT2D eigenvalue weighted by molar-refractivity contribution is 5.76. The SMILES string of the molecule is O=C(Cn1cnnn1)N1CCc2oncc2C1. The first-order chi connectivity index (χ1) is 8.33. The first-order valence-corrected chi connectivity index (χ1v) is 5.24. The third-order valence-electron chi connectivity index (χ3n) is 2.74. The van der Waals surface area contributed by atoms with Gasteiger partial charge in [0.25, 0.3) is 0 Å². The largest absolute Gasteiger partial charge is 0.361 e. The fourth-order valence-corrected chi connectivity index (χ4v) is 1.84. The molecule has 17 heavy (non-hydrogen) atoms. The number of carbonyl (C=O) groups excluding carboxylic acids is 1. The monoisotopic (exact) mass is 234 g/mol. The van der Waals surface area contributed by atoms with Crippen LogP contribution < -0.4 is 0 Å². The van der Waals surface area contributed by atoms with Crippen molar-refractivity contribution in [1.82, 2.24) is 30.3 Å². The van der Waals surface area contributed by atoms with Gasteiger partial charge in [-0.05, 0) is 10.4 Å². The predicted molar refractivity (Wildman–Crippen MR) is 53.4 cm³/mol. The topological polar surface area (TPSA) is 89.9 Å².